The van der Waals surface area contributed by atoms with Crippen molar-refractivity contribution in [3.05, 3.63) is 17.7 Å². The molecule has 7 heteroatoms. The minimum Gasteiger partial charge on any atom is -0.496 e. The molecule has 0 bridgehead atoms. The van der Waals surface area contributed by atoms with Crippen LogP contribution in [0.2, 0.25) is 0 Å². The molecule has 0 aliphatic carbocycles. The Balaban J connectivity index is 2.06. The molecular weight excluding hydrogens is 338 g/mol. The Morgan fingerprint density at radius 1 is 0.962 bits per heavy atom. The van der Waals surface area contributed by atoms with Gasteiger partial charge in [-0.1, -0.05) is 13.8 Å². The first-order valence-electron chi connectivity index (χ1n) is 8.64. The Morgan fingerprint density at radius 3 is 2.04 bits per heavy atom. The van der Waals surface area contributed by atoms with Gasteiger partial charge in [-0.3, -0.25) is 4.79 Å². The maximum absolute atomic E-state index is 12.4. The second kappa shape index (κ2) is 8.78. The number of nitrogens with zero attached hydrogens (tertiary/aromatic N) is 1. The number of rotatable bonds is 6. The third-order valence-corrected chi connectivity index (χ3v) is 4.47. The number of carbonyl (C=O) groups is 2. The molecule has 0 saturated carbocycles. The van der Waals surface area contributed by atoms with Crippen LogP contribution in [0, 0.1) is 11.8 Å². The van der Waals surface area contributed by atoms with Gasteiger partial charge in [0.1, 0.15) is 11.3 Å². The summed E-state index contributed by atoms with van der Waals surface area (Å²) in [6.45, 7) is 5.34. The van der Waals surface area contributed by atoms with E-state index in [-0.39, 0.29) is 18.1 Å². The van der Waals surface area contributed by atoms with Crippen LogP contribution in [0.25, 0.3) is 0 Å². The largest absolute Gasteiger partial charge is 0.496 e. The highest BCUT2D eigenvalue weighted by Crippen LogP contribution is 2.35. The van der Waals surface area contributed by atoms with Crippen molar-refractivity contribution < 1.29 is 28.5 Å². The van der Waals surface area contributed by atoms with E-state index in [0.29, 0.717) is 42.2 Å². The summed E-state index contributed by atoms with van der Waals surface area (Å²) in [7, 11) is 4.41. The molecule has 2 atom stereocenters. The van der Waals surface area contributed by atoms with E-state index in [9.17, 15) is 9.59 Å². The topological polar surface area (TPSA) is 74.3 Å². The van der Waals surface area contributed by atoms with Crippen molar-refractivity contribution in [3.8, 4) is 17.2 Å². The first-order chi connectivity index (χ1) is 12.4. The zero-order valence-electron chi connectivity index (χ0n) is 16.0. The lowest BCUT2D eigenvalue weighted by Gasteiger charge is -2.34. The molecule has 7 nitrogen and oxygen atoms in total. The molecule has 1 amide bonds. The maximum Gasteiger partial charge on any atom is 0.342 e. The van der Waals surface area contributed by atoms with E-state index in [1.165, 1.54) is 27.4 Å². The molecule has 1 aliphatic rings. The highest BCUT2D eigenvalue weighted by Gasteiger charge is 2.26. The highest BCUT2D eigenvalue weighted by atomic mass is 16.5. The van der Waals surface area contributed by atoms with Crippen molar-refractivity contribution in [1.82, 2.24) is 4.90 Å². The number of likely N-dealkylation sites (tertiary alicyclic amines) is 1. The smallest absolute Gasteiger partial charge is 0.342 e. The summed E-state index contributed by atoms with van der Waals surface area (Å²) in [5.41, 5.74) is 0.179. The van der Waals surface area contributed by atoms with E-state index >= 15 is 0 Å². The number of hydrogen-bond donors (Lipinski definition) is 0. The number of carbonyl (C=O) groups excluding carboxylic acids is 2. The number of piperidine rings is 1. The van der Waals surface area contributed by atoms with Gasteiger partial charge in [0.05, 0.1) is 21.3 Å². The van der Waals surface area contributed by atoms with Gasteiger partial charge in [-0.2, -0.15) is 0 Å². The summed E-state index contributed by atoms with van der Waals surface area (Å²) in [6.07, 6.45) is 1.10. The Bertz CT molecular complexity index is 650. The molecule has 0 aromatic heterocycles. The lowest BCUT2D eigenvalue weighted by atomic mass is 9.92. The van der Waals surface area contributed by atoms with Crippen LogP contribution >= 0.6 is 0 Å². The van der Waals surface area contributed by atoms with Crippen molar-refractivity contribution in [2.24, 2.45) is 11.8 Å². The van der Waals surface area contributed by atoms with E-state index in [0.717, 1.165) is 6.42 Å². The summed E-state index contributed by atoms with van der Waals surface area (Å²) in [6, 6.07) is 3.03. The van der Waals surface area contributed by atoms with Gasteiger partial charge in [0.2, 0.25) is 0 Å². The molecule has 1 aromatic rings. The highest BCUT2D eigenvalue weighted by molar-refractivity contribution is 5.95. The second-order valence-electron chi connectivity index (χ2n) is 6.73. The van der Waals surface area contributed by atoms with Crippen molar-refractivity contribution >= 4 is 11.9 Å². The summed E-state index contributed by atoms with van der Waals surface area (Å²) in [5, 5.41) is 0. The predicted octanol–water partition coefficient (Wildman–Crippen LogP) is 2.37. The number of esters is 1. The van der Waals surface area contributed by atoms with Gasteiger partial charge in [-0.05, 0) is 18.3 Å². The van der Waals surface area contributed by atoms with E-state index in [2.05, 4.69) is 13.8 Å². The molecule has 0 radical (unpaired) electrons. The third kappa shape index (κ3) is 4.59. The lowest BCUT2D eigenvalue weighted by molar-refractivity contribution is -0.137. The zero-order chi connectivity index (χ0) is 19.3. The second-order valence-corrected chi connectivity index (χ2v) is 6.73. The normalized spacial score (nSPS) is 19.7. The average molecular weight is 365 g/mol. The van der Waals surface area contributed by atoms with Gasteiger partial charge in [-0.25, -0.2) is 4.79 Å². The molecular formula is C19H27NO6. The fourth-order valence-corrected chi connectivity index (χ4v) is 3.35. The molecule has 1 aromatic carbocycles. The van der Waals surface area contributed by atoms with Crippen molar-refractivity contribution in [1.29, 1.82) is 0 Å². The first-order valence-corrected chi connectivity index (χ1v) is 8.64. The first kappa shape index (κ1) is 19.9. The molecule has 2 rings (SSSR count). The number of methoxy groups -OCH3 is 3. The van der Waals surface area contributed by atoms with E-state index in [4.69, 9.17) is 18.9 Å². The Hall–Kier alpha value is -2.44. The third-order valence-electron chi connectivity index (χ3n) is 4.47. The summed E-state index contributed by atoms with van der Waals surface area (Å²) >= 11 is 0. The molecule has 1 aliphatic heterocycles. The molecule has 144 valence electrons. The quantitative estimate of drug-likeness (QED) is 0.721. The number of amides is 1. The fraction of sp³-hybridized carbons (Fsp3) is 0.579. The maximum atomic E-state index is 12.4. The van der Waals surface area contributed by atoms with E-state index < -0.39 is 5.97 Å². The van der Waals surface area contributed by atoms with Crippen LogP contribution in [0.1, 0.15) is 30.6 Å². The summed E-state index contributed by atoms with van der Waals surface area (Å²) < 4.78 is 20.9. The van der Waals surface area contributed by atoms with Crippen LogP contribution in [-0.2, 0) is 9.53 Å². The van der Waals surface area contributed by atoms with Crippen LogP contribution < -0.4 is 14.2 Å². The monoisotopic (exact) mass is 365 g/mol. The van der Waals surface area contributed by atoms with Crippen molar-refractivity contribution in [3.63, 3.8) is 0 Å². The van der Waals surface area contributed by atoms with Gasteiger partial charge < -0.3 is 23.8 Å². The van der Waals surface area contributed by atoms with Crippen LogP contribution in [0.3, 0.4) is 0 Å². The van der Waals surface area contributed by atoms with E-state index in [1.54, 1.807) is 11.0 Å². The van der Waals surface area contributed by atoms with Gasteiger partial charge in [0.25, 0.3) is 5.91 Å². The van der Waals surface area contributed by atoms with E-state index in [1.807, 2.05) is 0 Å². The van der Waals surface area contributed by atoms with Crippen LogP contribution in [0.4, 0.5) is 0 Å². The predicted molar refractivity (Wildman–Crippen MR) is 95.9 cm³/mol. The Labute approximate surface area is 154 Å². The number of hydrogen-bond acceptors (Lipinski definition) is 6. The SMILES string of the molecule is COc1cc(OC)c(C(=O)OCC(=O)N2C[C@H](C)C[C@H](C)C2)cc1OC. The average Bonchev–Trinajstić information content (AvgIpc) is 2.63. The summed E-state index contributed by atoms with van der Waals surface area (Å²) in [4.78, 5) is 26.6. The molecule has 1 heterocycles. The minimum absolute atomic E-state index is 0.179. The van der Waals surface area contributed by atoms with Crippen LogP contribution in [0.15, 0.2) is 12.1 Å². The zero-order valence-corrected chi connectivity index (χ0v) is 16.0. The van der Waals surface area contributed by atoms with Gasteiger partial charge in [0, 0.05) is 25.2 Å². The Morgan fingerprint density at radius 2 is 1.50 bits per heavy atom. The molecule has 1 saturated heterocycles. The standard InChI is InChI=1S/C19H27NO6/c1-12-6-13(2)10-20(9-12)18(21)11-26-19(22)14-7-16(24-4)17(25-5)8-15(14)23-3/h7-8,12-13H,6,9-11H2,1-5H3/t12-,13+. The molecule has 0 N–H and O–H groups in total. The van der Waals surface area contributed by atoms with Gasteiger partial charge in [0.15, 0.2) is 18.1 Å². The van der Waals surface area contributed by atoms with Crippen LogP contribution in [0.5, 0.6) is 17.2 Å². The number of ether oxygens (including phenoxy) is 4. The van der Waals surface area contributed by atoms with Crippen LogP contribution in [-0.4, -0.2) is 57.8 Å². The Kier molecular flexibility index (Phi) is 6.71. The number of benzene rings is 1. The van der Waals surface area contributed by atoms with Gasteiger partial charge >= 0.3 is 5.97 Å². The molecule has 26 heavy (non-hydrogen) atoms. The summed E-state index contributed by atoms with van der Waals surface area (Å²) in [5.74, 6) is 1.18. The molecule has 0 spiro atoms. The molecule has 1 fully saturated rings. The lowest BCUT2D eigenvalue weighted by Crippen LogP contribution is -2.44. The fourth-order valence-electron chi connectivity index (χ4n) is 3.35. The van der Waals surface area contributed by atoms with Gasteiger partial charge in [-0.15, -0.1) is 0 Å². The van der Waals surface area contributed by atoms with Crippen molar-refractivity contribution in [2.45, 2.75) is 20.3 Å². The van der Waals surface area contributed by atoms with Crippen molar-refractivity contribution in [2.75, 3.05) is 41.0 Å². The minimum atomic E-state index is -0.644. The molecule has 0 unspecified atom stereocenters.